The molecule has 1 aromatic carbocycles. The van der Waals surface area contributed by atoms with Crippen LogP contribution in [-0.2, 0) is 0 Å². The Kier molecular flexibility index (Phi) is 1.85. The number of aryl methyl sites for hydroxylation is 1. The Bertz CT molecular complexity index is 551. The Hall–Kier alpha value is -1.45. The zero-order chi connectivity index (χ0) is 11.3. The fraction of sp³-hybridized carbons (Fsp3) is 0.417. The van der Waals surface area contributed by atoms with Crippen molar-refractivity contribution in [1.82, 2.24) is 4.90 Å². The van der Waals surface area contributed by atoms with E-state index in [0.29, 0.717) is 11.9 Å². The van der Waals surface area contributed by atoms with E-state index < -0.39 is 12.1 Å². The first-order valence-electron chi connectivity index (χ1n) is 5.36. The molecule has 2 aliphatic rings. The molecule has 1 atom stereocenters. The Morgan fingerprint density at radius 1 is 1.44 bits per heavy atom. The topological polar surface area (TPSA) is 15.6 Å². The molecule has 3 rings (SSSR count). The van der Waals surface area contributed by atoms with Crippen LogP contribution in [0.5, 0.6) is 0 Å². The summed E-state index contributed by atoms with van der Waals surface area (Å²) in [4.78, 5) is 5.79. The van der Waals surface area contributed by atoms with E-state index in [9.17, 15) is 8.78 Å². The Morgan fingerprint density at radius 3 is 3.06 bits per heavy atom. The molecule has 0 radical (unpaired) electrons. The molecule has 0 bridgehead atoms. The first-order valence-corrected chi connectivity index (χ1v) is 5.36. The highest BCUT2D eigenvalue weighted by atomic mass is 19.3. The van der Waals surface area contributed by atoms with Gasteiger partial charge in [0.1, 0.15) is 0 Å². The van der Waals surface area contributed by atoms with Gasteiger partial charge in [-0.1, -0.05) is 11.6 Å². The summed E-state index contributed by atoms with van der Waals surface area (Å²) in [5.74, 6) is -2.70. The fourth-order valence-corrected chi connectivity index (χ4v) is 2.28. The summed E-state index contributed by atoms with van der Waals surface area (Å²) in [5, 5.41) is 1.61. The van der Waals surface area contributed by atoms with Gasteiger partial charge in [0.15, 0.2) is 6.17 Å². The van der Waals surface area contributed by atoms with Crippen molar-refractivity contribution < 1.29 is 8.78 Å². The second kappa shape index (κ2) is 3.03. The largest absolute Gasteiger partial charge is 0.350 e. The molecule has 16 heavy (non-hydrogen) atoms. The van der Waals surface area contributed by atoms with Gasteiger partial charge < -0.3 is 4.90 Å². The SMILES string of the molecule is Cc1ccc2c(c1)=CN1CCC(F)(F)C1N=2. The second-order valence-electron chi connectivity index (χ2n) is 4.44. The minimum atomic E-state index is -2.70. The van der Waals surface area contributed by atoms with E-state index >= 15 is 0 Å². The predicted octanol–water partition coefficient (Wildman–Crippen LogP) is 1.03. The maximum absolute atomic E-state index is 13.5. The van der Waals surface area contributed by atoms with Gasteiger partial charge in [0.25, 0.3) is 5.92 Å². The highest BCUT2D eigenvalue weighted by Crippen LogP contribution is 2.35. The first-order chi connectivity index (χ1) is 7.56. The molecule has 84 valence electrons. The number of hydrogen-bond acceptors (Lipinski definition) is 2. The van der Waals surface area contributed by atoms with Gasteiger partial charge in [0, 0.05) is 24.4 Å². The lowest BCUT2D eigenvalue weighted by Gasteiger charge is -2.25. The van der Waals surface area contributed by atoms with Crippen LogP contribution in [0.25, 0.3) is 6.20 Å². The standard InChI is InChI=1S/C12H12F2N2/c1-8-2-3-10-9(6-8)7-16-5-4-12(13,14)11(16)15-10/h2-3,6-7,11H,4-5H2,1H3. The van der Waals surface area contributed by atoms with Crippen LogP contribution in [0.1, 0.15) is 12.0 Å². The molecule has 0 spiro atoms. The van der Waals surface area contributed by atoms with Gasteiger partial charge in [-0.3, -0.25) is 4.99 Å². The highest BCUT2D eigenvalue weighted by Gasteiger charge is 2.48. The highest BCUT2D eigenvalue weighted by molar-refractivity contribution is 5.30. The van der Waals surface area contributed by atoms with Gasteiger partial charge in [-0.05, 0) is 19.1 Å². The van der Waals surface area contributed by atoms with E-state index in [2.05, 4.69) is 4.99 Å². The molecular formula is C12H12F2N2. The minimum Gasteiger partial charge on any atom is -0.350 e. The maximum Gasteiger partial charge on any atom is 0.289 e. The van der Waals surface area contributed by atoms with Gasteiger partial charge in [-0.2, -0.15) is 0 Å². The molecule has 0 N–H and O–H groups in total. The van der Waals surface area contributed by atoms with Crippen LogP contribution >= 0.6 is 0 Å². The smallest absolute Gasteiger partial charge is 0.289 e. The Morgan fingerprint density at radius 2 is 2.25 bits per heavy atom. The summed E-state index contributed by atoms with van der Waals surface area (Å²) in [7, 11) is 0. The molecule has 2 heterocycles. The summed E-state index contributed by atoms with van der Waals surface area (Å²) >= 11 is 0. The lowest BCUT2D eigenvalue weighted by Crippen LogP contribution is -2.44. The number of benzene rings is 1. The third-order valence-corrected chi connectivity index (χ3v) is 3.14. The van der Waals surface area contributed by atoms with Gasteiger partial charge in [-0.25, -0.2) is 8.78 Å². The van der Waals surface area contributed by atoms with Crippen LogP contribution in [0.4, 0.5) is 8.78 Å². The molecule has 1 aromatic rings. The molecule has 0 aliphatic carbocycles. The fourth-order valence-electron chi connectivity index (χ4n) is 2.28. The monoisotopic (exact) mass is 222 g/mol. The van der Waals surface area contributed by atoms with Gasteiger partial charge >= 0.3 is 0 Å². The summed E-state index contributed by atoms with van der Waals surface area (Å²) in [6.45, 7) is 2.37. The van der Waals surface area contributed by atoms with Crippen LogP contribution in [0.2, 0.25) is 0 Å². The van der Waals surface area contributed by atoms with Gasteiger partial charge in [0.05, 0.1) is 5.36 Å². The number of fused-ring (bicyclic) bond motifs is 2. The van der Waals surface area contributed by atoms with Crippen LogP contribution in [0, 0.1) is 6.92 Å². The van der Waals surface area contributed by atoms with Gasteiger partial charge in [0.2, 0.25) is 0 Å². The van der Waals surface area contributed by atoms with Crippen LogP contribution in [0.15, 0.2) is 23.2 Å². The van der Waals surface area contributed by atoms with Crippen molar-refractivity contribution in [2.24, 2.45) is 4.99 Å². The zero-order valence-corrected chi connectivity index (χ0v) is 8.95. The number of halogens is 2. The lowest BCUT2D eigenvalue weighted by atomic mass is 10.2. The molecule has 2 aliphatic heterocycles. The number of hydrogen-bond donors (Lipinski definition) is 0. The third-order valence-electron chi connectivity index (χ3n) is 3.14. The van der Waals surface area contributed by atoms with E-state index in [0.717, 1.165) is 10.8 Å². The third kappa shape index (κ3) is 1.32. The van der Waals surface area contributed by atoms with Crippen molar-refractivity contribution in [3.8, 4) is 0 Å². The summed E-state index contributed by atoms with van der Waals surface area (Å²) in [6, 6.07) is 5.69. The lowest BCUT2D eigenvalue weighted by molar-refractivity contribution is -0.0225. The summed E-state index contributed by atoms with van der Waals surface area (Å²) in [6.07, 6.45) is 0.702. The van der Waals surface area contributed by atoms with E-state index in [1.54, 1.807) is 11.1 Å². The molecule has 0 aromatic heterocycles. The van der Waals surface area contributed by atoms with Crippen molar-refractivity contribution in [3.05, 3.63) is 34.3 Å². The van der Waals surface area contributed by atoms with Crippen molar-refractivity contribution in [2.45, 2.75) is 25.4 Å². The molecule has 1 fully saturated rings. The maximum atomic E-state index is 13.5. The number of rotatable bonds is 0. The predicted molar refractivity (Wildman–Crippen MR) is 56.5 cm³/mol. The number of nitrogens with zero attached hydrogens (tertiary/aromatic N) is 2. The van der Waals surface area contributed by atoms with E-state index in [1.807, 2.05) is 25.1 Å². The zero-order valence-electron chi connectivity index (χ0n) is 8.95. The first kappa shape index (κ1) is 9.75. The van der Waals surface area contributed by atoms with Crippen LogP contribution in [-0.4, -0.2) is 23.5 Å². The summed E-state index contributed by atoms with van der Waals surface area (Å²) in [5.41, 5.74) is 1.12. The molecule has 2 nitrogen and oxygen atoms in total. The molecule has 1 unspecified atom stereocenters. The van der Waals surface area contributed by atoms with Crippen molar-refractivity contribution in [2.75, 3.05) is 6.54 Å². The molecular weight excluding hydrogens is 210 g/mol. The molecule has 1 saturated heterocycles. The second-order valence-corrected chi connectivity index (χ2v) is 4.44. The van der Waals surface area contributed by atoms with Gasteiger partial charge in [-0.15, -0.1) is 0 Å². The normalized spacial score (nSPS) is 25.4. The molecule has 0 saturated carbocycles. The van der Waals surface area contributed by atoms with E-state index in [-0.39, 0.29) is 6.42 Å². The van der Waals surface area contributed by atoms with Crippen LogP contribution in [0.3, 0.4) is 0 Å². The van der Waals surface area contributed by atoms with Crippen molar-refractivity contribution in [1.29, 1.82) is 0 Å². The Labute approximate surface area is 91.9 Å². The van der Waals surface area contributed by atoms with Crippen LogP contribution < -0.4 is 10.6 Å². The average Bonchev–Trinajstić information content (AvgIpc) is 2.52. The Balaban J connectivity index is 2.19. The molecule has 0 amide bonds. The van der Waals surface area contributed by atoms with Crippen molar-refractivity contribution >= 4 is 6.20 Å². The summed E-state index contributed by atoms with van der Waals surface area (Å²) < 4.78 is 27.0. The number of alkyl halides is 2. The van der Waals surface area contributed by atoms with E-state index in [4.69, 9.17) is 0 Å². The molecule has 4 heteroatoms. The average molecular weight is 222 g/mol. The quantitative estimate of drug-likeness (QED) is 0.640. The van der Waals surface area contributed by atoms with E-state index in [1.165, 1.54) is 0 Å². The minimum absolute atomic E-state index is 0.107. The van der Waals surface area contributed by atoms with Crippen molar-refractivity contribution in [3.63, 3.8) is 0 Å².